The Morgan fingerprint density at radius 3 is 1.82 bits per heavy atom. The zero-order valence-corrected chi connectivity index (χ0v) is 19.6. The molecule has 0 aliphatic heterocycles. The second-order valence-corrected chi connectivity index (χ2v) is 9.93. The van der Waals surface area contributed by atoms with E-state index in [4.69, 9.17) is 15.2 Å². The number of esters is 2. The molecule has 3 fully saturated rings. The monoisotopic (exact) mass is 460 g/mol. The molecule has 2 aromatic rings. The Morgan fingerprint density at radius 1 is 0.853 bits per heavy atom. The van der Waals surface area contributed by atoms with Gasteiger partial charge in [-0.05, 0) is 91.2 Å². The number of hydrogen-bond donors (Lipinski definition) is 1. The van der Waals surface area contributed by atoms with Gasteiger partial charge in [0.15, 0.2) is 0 Å². The molecule has 0 amide bonds. The maximum atomic E-state index is 13.0. The van der Waals surface area contributed by atoms with Crippen molar-refractivity contribution >= 4 is 18.2 Å². The van der Waals surface area contributed by atoms with Crippen LogP contribution in [0.15, 0.2) is 53.5 Å². The summed E-state index contributed by atoms with van der Waals surface area (Å²) in [5.41, 5.74) is 8.54. The topological polar surface area (TPSA) is 91.0 Å². The first-order chi connectivity index (χ1) is 16.6. The smallest absolute Gasteiger partial charge is 0.338 e. The third kappa shape index (κ3) is 4.51. The van der Waals surface area contributed by atoms with Gasteiger partial charge < -0.3 is 15.2 Å². The summed E-state index contributed by atoms with van der Waals surface area (Å²) in [4.78, 5) is 30.0. The van der Waals surface area contributed by atoms with Gasteiger partial charge in [-0.15, -0.1) is 0 Å². The number of rotatable bonds is 6. The van der Waals surface area contributed by atoms with Crippen LogP contribution in [0.5, 0.6) is 0 Å². The average Bonchev–Trinajstić information content (AvgIpc) is 3.47. The van der Waals surface area contributed by atoms with E-state index in [1.807, 2.05) is 24.3 Å². The molecule has 3 aliphatic rings. The maximum absolute atomic E-state index is 13.0. The molecule has 6 unspecified atom stereocenters. The third-order valence-corrected chi connectivity index (χ3v) is 8.07. The number of nitrogens with two attached hydrogens (primary N) is 1. The Hall–Kier alpha value is -2.99. The number of fused-ring (bicyclic) bond motifs is 5. The van der Waals surface area contributed by atoms with Crippen LogP contribution in [0.2, 0.25) is 0 Å². The number of benzene rings is 2. The van der Waals surface area contributed by atoms with Crippen LogP contribution in [0.4, 0.5) is 0 Å². The van der Waals surface area contributed by atoms with Gasteiger partial charge in [0.2, 0.25) is 0 Å². The fourth-order valence-corrected chi connectivity index (χ4v) is 6.39. The number of hydrogen-bond acceptors (Lipinski definition) is 6. The van der Waals surface area contributed by atoms with E-state index < -0.39 is 12.2 Å². The van der Waals surface area contributed by atoms with Crippen LogP contribution in [-0.2, 0) is 16.0 Å². The molecule has 34 heavy (non-hydrogen) atoms. The lowest BCUT2D eigenvalue weighted by Gasteiger charge is -2.42. The van der Waals surface area contributed by atoms with Crippen molar-refractivity contribution in [2.75, 3.05) is 7.05 Å². The summed E-state index contributed by atoms with van der Waals surface area (Å²) in [6, 6.07) is 14.4. The first-order valence-corrected chi connectivity index (χ1v) is 12.3. The molecule has 0 saturated heterocycles. The summed E-state index contributed by atoms with van der Waals surface area (Å²) in [5, 5.41) is 0. The van der Waals surface area contributed by atoms with Gasteiger partial charge in [0.1, 0.15) is 12.2 Å². The Balaban J connectivity index is 1.32. The minimum absolute atomic E-state index is 0.375. The van der Waals surface area contributed by atoms with Crippen LogP contribution in [0, 0.1) is 23.7 Å². The van der Waals surface area contributed by atoms with Crippen LogP contribution in [-0.4, -0.2) is 37.4 Å². The Morgan fingerprint density at radius 2 is 1.35 bits per heavy atom. The van der Waals surface area contributed by atoms with Crippen LogP contribution >= 0.6 is 0 Å². The highest BCUT2D eigenvalue weighted by molar-refractivity contribution is 5.91. The summed E-state index contributed by atoms with van der Waals surface area (Å²) >= 11 is 0. The van der Waals surface area contributed by atoms with E-state index in [-0.39, 0.29) is 11.9 Å². The zero-order valence-electron chi connectivity index (χ0n) is 19.6. The first kappa shape index (κ1) is 22.8. The summed E-state index contributed by atoms with van der Waals surface area (Å²) in [6.45, 7) is 0.424. The molecule has 6 nitrogen and oxygen atoms in total. The quantitative estimate of drug-likeness (QED) is 0.510. The van der Waals surface area contributed by atoms with Crippen LogP contribution < -0.4 is 5.73 Å². The number of nitrogens with zero attached hydrogens (tertiary/aromatic N) is 1. The Kier molecular flexibility index (Phi) is 6.50. The molecule has 2 bridgehead atoms. The van der Waals surface area contributed by atoms with Crippen LogP contribution in [0.1, 0.15) is 63.9 Å². The largest absolute Gasteiger partial charge is 0.455 e. The van der Waals surface area contributed by atoms with Crippen LogP contribution in [0.25, 0.3) is 0 Å². The highest BCUT2D eigenvalue weighted by Gasteiger charge is 2.53. The van der Waals surface area contributed by atoms with Gasteiger partial charge in [0, 0.05) is 19.8 Å². The predicted octanol–water partition coefficient (Wildman–Crippen LogP) is 4.40. The van der Waals surface area contributed by atoms with Crippen molar-refractivity contribution in [1.82, 2.24) is 0 Å². The summed E-state index contributed by atoms with van der Waals surface area (Å²) < 4.78 is 12.0. The van der Waals surface area contributed by atoms with E-state index in [0.717, 1.165) is 24.0 Å². The molecule has 178 valence electrons. The van der Waals surface area contributed by atoms with Crippen molar-refractivity contribution in [3.05, 3.63) is 70.8 Å². The Labute approximate surface area is 200 Å². The second kappa shape index (κ2) is 9.71. The predicted molar refractivity (Wildman–Crippen MR) is 130 cm³/mol. The summed E-state index contributed by atoms with van der Waals surface area (Å²) in [7, 11) is 1.71. The molecular weight excluding hydrogens is 428 g/mol. The van der Waals surface area contributed by atoms with Crippen molar-refractivity contribution in [3.63, 3.8) is 0 Å². The van der Waals surface area contributed by atoms with Gasteiger partial charge in [0.25, 0.3) is 0 Å². The normalized spacial score (nSPS) is 29.7. The molecule has 0 heterocycles. The number of carbonyl (C=O) groups is 2. The van der Waals surface area contributed by atoms with Crippen molar-refractivity contribution in [3.8, 4) is 0 Å². The van der Waals surface area contributed by atoms with Gasteiger partial charge in [0.05, 0.1) is 11.1 Å². The van der Waals surface area contributed by atoms with E-state index in [1.54, 1.807) is 37.5 Å². The van der Waals surface area contributed by atoms with E-state index in [2.05, 4.69) is 4.99 Å². The molecule has 3 saturated carbocycles. The molecular formula is C28H32N2O4. The van der Waals surface area contributed by atoms with Gasteiger partial charge >= 0.3 is 11.9 Å². The molecule has 0 aromatic heterocycles. The SMILES string of the molecule is CN=Cc1ccc(C(=O)OC2CC3C4CCC(C4)C3CC2OC(=O)c2ccc(CN)cc2)cc1. The number of aliphatic imine (C=N–C) groups is 1. The molecule has 3 aliphatic carbocycles. The van der Waals surface area contributed by atoms with Gasteiger partial charge in [-0.25, -0.2) is 9.59 Å². The molecule has 5 rings (SSSR count). The fourth-order valence-electron chi connectivity index (χ4n) is 6.39. The van der Waals surface area contributed by atoms with Gasteiger partial charge in [-0.2, -0.15) is 0 Å². The van der Waals surface area contributed by atoms with Gasteiger partial charge in [-0.3, -0.25) is 4.99 Å². The molecule has 2 N–H and O–H groups in total. The minimum atomic E-state index is -0.433. The van der Waals surface area contributed by atoms with Crippen molar-refractivity contribution < 1.29 is 19.1 Å². The highest BCUT2D eigenvalue weighted by atomic mass is 16.6. The molecule has 6 heteroatoms. The highest BCUT2D eigenvalue weighted by Crippen LogP contribution is 2.58. The molecule has 0 spiro atoms. The lowest BCUT2D eigenvalue weighted by molar-refractivity contribution is -0.0822. The molecule has 2 aromatic carbocycles. The summed E-state index contributed by atoms with van der Waals surface area (Å²) in [6.07, 6.45) is 6.20. The maximum Gasteiger partial charge on any atom is 0.338 e. The standard InChI is InChI=1S/C28H32N2O4/c1-30-16-18-4-8-20(9-5-18)28(32)34-26-14-24-22-11-10-21(12-22)23(24)13-25(26)33-27(31)19-6-2-17(15-29)3-7-19/h2-9,16,21-26H,10-15,29H2,1H3. The van der Waals surface area contributed by atoms with Gasteiger partial charge in [-0.1, -0.05) is 24.3 Å². The molecule has 6 atom stereocenters. The lowest BCUT2D eigenvalue weighted by atomic mass is 9.69. The van der Waals surface area contributed by atoms with Crippen molar-refractivity contribution in [1.29, 1.82) is 0 Å². The first-order valence-electron chi connectivity index (χ1n) is 12.3. The lowest BCUT2D eigenvalue weighted by Crippen LogP contribution is -2.45. The molecule has 0 radical (unpaired) electrons. The summed E-state index contributed by atoms with van der Waals surface area (Å²) in [5.74, 6) is 1.78. The Bertz CT molecular complexity index is 1060. The van der Waals surface area contributed by atoms with Crippen LogP contribution in [0.3, 0.4) is 0 Å². The van der Waals surface area contributed by atoms with E-state index in [0.29, 0.717) is 41.3 Å². The van der Waals surface area contributed by atoms with E-state index in [9.17, 15) is 9.59 Å². The second-order valence-electron chi connectivity index (χ2n) is 9.93. The average molecular weight is 461 g/mol. The van der Waals surface area contributed by atoms with E-state index in [1.165, 1.54) is 19.3 Å². The van der Waals surface area contributed by atoms with E-state index >= 15 is 0 Å². The third-order valence-electron chi connectivity index (χ3n) is 8.07. The van der Waals surface area contributed by atoms with Crippen molar-refractivity contribution in [2.45, 2.75) is 50.9 Å². The number of carbonyl (C=O) groups excluding carboxylic acids is 2. The number of ether oxygens (including phenoxy) is 2. The minimum Gasteiger partial charge on any atom is -0.455 e. The zero-order chi connectivity index (χ0) is 23.7. The van der Waals surface area contributed by atoms with Crippen molar-refractivity contribution in [2.24, 2.45) is 34.4 Å². The fraction of sp³-hybridized carbons (Fsp3) is 0.464.